The minimum absolute atomic E-state index is 0.974. The molecule has 0 aliphatic carbocycles. The number of hydrogen-bond donors (Lipinski definition) is 0. The van der Waals surface area contributed by atoms with Crippen LogP contribution in [0.15, 0.2) is 11.2 Å². The van der Waals surface area contributed by atoms with Gasteiger partial charge in [-0.3, -0.25) is 0 Å². The van der Waals surface area contributed by atoms with Crippen molar-refractivity contribution in [3.05, 3.63) is 12.7 Å². The van der Waals surface area contributed by atoms with Gasteiger partial charge in [-0.1, -0.05) is 17.8 Å². The summed E-state index contributed by atoms with van der Waals surface area (Å²) in [6.07, 6.45) is 7.68. The number of hydrogen-bond acceptors (Lipinski definition) is 2. The minimum Gasteiger partial charge on any atom is -0.399 e. The van der Waals surface area contributed by atoms with Crippen molar-refractivity contribution in [1.82, 2.24) is 0 Å². The fourth-order valence-electron chi connectivity index (χ4n) is 0.625. The van der Waals surface area contributed by atoms with E-state index in [-0.39, 0.29) is 0 Å². The topological polar surface area (TPSA) is 21.6 Å². The molecule has 0 heterocycles. The number of rotatable bonds is 6. The third-order valence-electron chi connectivity index (χ3n) is 1.13. The zero-order chi connectivity index (χ0) is 7.66. The fraction of sp³-hybridized carbons (Fsp3) is 0.625. The first-order chi connectivity index (χ1) is 4.91. The summed E-state index contributed by atoms with van der Waals surface area (Å²) in [5.41, 5.74) is 0. The lowest BCUT2D eigenvalue weighted by Crippen LogP contribution is -1.78. The van der Waals surface area contributed by atoms with E-state index in [2.05, 4.69) is 9.99 Å². The second-order valence-corrected chi connectivity index (χ2v) is 1.99. The third-order valence-corrected chi connectivity index (χ3v) is 1.13. The van der Waals surface area contributed by atoms with E-state index in [9.17, 15) is 0 Å². The Bertz CT molecular complexity index is 99.4. The van der Waals surface area contributed by atoms with E-state index in [0.717, 1.165) is 25.7 Å². The predicted molar refractivity (Wildman–Crippen MR) is 42.8 cm³/mol. The zero-order valence-corrected chi connectivity index (χ0v) is 6.42. The van der Waals surface area contributed by atoms with Gasteiger partial charge in [-0.25, -0.2) is 0 Å². The van der Waals surface area contributed by atoms with Crippen molar-refractivity contribution in [3.8, 4) is 0 Å². The van der Waals surface area contributed by atoms with Crippen LogP contribution in [0.2, 0.25) is 0 Å². The minimum atomic E-state index is 0.974. The molecule has 0 aromatic carbocycles. The highest BCUT2D eigenvalue weighted by molar-refractivity contribution is 5.55. The molecule has 0 aliphatic rings. The molecule has 0 saturated heterocycles. The first kappa shape index (κ1) is 9.21. The Morgan fingerprint density at radius 1 is 1.40 bits per heavy atom. The lowest BCUT2D eigenvalue weighted by atomic mass is 10.2. The van der Waals surface area contributed by atoms with Gasteiger partial charge in [0.2, 0.25) is 0 Å². The van der Waals surface area contributed by atoms with Crippen LogP contribution >= 0.6 is 0 Å². The van der Waals surface area contributed by atoms with Gasteiger partial charge in [0.25, 0.3) is 0 Å². The van der Waals surface area contributed by atoms with E-state index in [0.29, 0.717) is 0 Å². The third kappa shape index (κ3) is 7.21. The Hall–Kier alpha value is -0.790. The summed E-state index contributed by atoms with van der Waals surface area (Å²) in [4.78, 5) is 4.49. The van der Waals surface area contributed by atoms with Crippen molar-refractivity contribution in [1.29, 1.82) is 0 Å². The Morgan fingerprint density at radius 2 is 2.10 bits per heavy atom. The molecule has 0 amide bonds. The molecule has 2 heteroatoms. The largest absolute Gasteiger partial charge is 0.399 e. The van der Waals surface area contributed by atoms with E-state index in [1.54, 1.807) is 19.4 Å². The second kappa shape index (κ2) is 8.21. The first-order valence-electron chi connectivity index (χ1n) is 3.50. The molecule has 0 aliphatic heterocycles. The molecule has 0 saturated carbocycles. The lowest BCUT2D eigenvalue weighted by molar-refractivity contribution is 0.214. The Kier molecular flexibility index (Phi) is 7.56. The predicted octanol–water partition coefficient (Wildman–Crippen LogP) is 2.17. The van der Waals surface area contributed by atoms with E-state index in [4.69, 9.17) is 6.58 Å². The molecular formula is C8H14NO. The summed E-state index contributed by atoms with van der Waals surface area (Å²) in [6.45, 7) is 5.19. The normalized spacial score (nSPS) is 10.1. The molecule has 0 spiro atoms. The summed E-state index contributed by atoms with van der Waals surface area (Å²) in [6, 6.07) is 0. The average molecular weight is 140 g/mol. The molecule has 0 atom stereocenters. The average Bonchev–Trinajstić information content (AvgIpc) is 1.97. The Balaban J connectivity index is 2.89. The monoisotopic (exact) mass is 140 g/mol. The molecule has 0 aromatic rings. The van der Waals surface area contributed by atoms with E-state index < -0.39 is 0 Å². The number of allylic oxidation sites excluding steroid dienone is 1. The van der Waals surface area contributed by atoms with Crippen molar-refractivity contribution in [2.75, 3.05) is 7.11 Å². The van der Waals surface area contributed by atoms with Gasteiger partial charge in [-0.05, 0) is 25.7 Å². The van der Waals surface area contributed by atoms with Crippen molar-refractivity contribution < 1.29 is 4.84 Å². The maximum Gasteiger partial charge on any atom is 0.106 e. The van der Waals surface area contributed by atoms with Gasteiger partial charge in [-0.15, -0.1) is 0 Å². The molecule has 2 nitrogen and oxygen atoms in total. The summed E-state index contributed by atoms with van der Waals surface area (Å²) in [5, 5.41) is 3.60. The van der Waals surface area contributed by atoms with Gasteiger partial charge >= 0.3 is 0 Å². The molecule has 0 fully saturated rings. The quantitative estimate of drug-likeness (QED) is 0.315. The summed E-state index contributed by atoms with van der Waals surface area (Å²) < 4.78 is 0. The van der Waals surface area contributed by atoms with Crippen molar-refractivity contribution >= 4 is 6.21 Å². The van der Waals surface area contributed by atoms with Gasteiger partial charge < -0.3 is 4.84 Å². The van der Waals surface area contributed by atoms with Crippen LogP contribution in [-0.2, 0) is 4.84 Å². The fourth-order valence-corrected chi connectivity index (χ4v) is 0.625. The molecule has 0 bridgehead atoms. The summed E-state index contributed by atoms with van der Waals surface area (Å²) in [7, 11) is 1.55. The van der Waals surface area contributed by atoms with Gasteiger partial charge in [0.05, 0.1) is 0 Å². The molecule has 0 aromatic heterocycles. The molecule has 0 rings (SSSR count). The molecule has 10 heavy (non-hydrogen) atoms. The summed E-state index contributed by atoms with van der Waals surface area (Å²) in [5.74, 6) is 0. The van der Waals surface area contributed by atoms with Crippen LogP contribution in [0, 0.1) is 6.58 Å². The first-order valence-corrected chi connectivity index (χ1v) is 3.50. The van der Waals surface area contributed by atoms with Crippen LogP contribution in [0.1, 0.15) is 25.7 Å². The Labute approximate surface area is 62.6 Å². The SMILES string of the molecule is [CH]=CCCCC/C=N/OC. The van der Waals surface area contributed by atoms with Crippen LogP contribution in [-0.4, -0.2) is 13.3 Å². The van der Waals surface area contributed by atoms with Gasteiger partial charge in [0.15, 0.2) is 0 Å². The van der Waals surface area contributed by atoms with Crippen molar-refractivity contribution in [2.24, 2.45) is 5.16 Å². The second-order valence-electron chi connectivity index (χ2n) is 1.99. The maximum absolute atomic E-state index is 5.19. The van der Waals surface area contributed by atoms with Gasteiger partial charge in [-0.2, -0.15) is 0 Å². The smallest absolute Gasteiger partial charge is 0.106 e. The van der Waals surface area contributed by atoms with Crippen LogP contribution < -0.4 is 0 Å². The van der Waals surface area contributed by atoms with Gasteiger partial charge in [0, 0.05) is 6.21 Å². The molecule has 0 unspecified atom stereocenters. The highest BCUT2D eigenvalue weighted by Gasteiger charge is 1.82. The van der Waals surface area contributed by atoms with E-state index in [1.807, 2.05) is 0 Å². The summed E-state index contributed by atoms with van der Waals surface area (Å²) >= 11 is 0. The Morgan fingerprint density at radius 3 is 2.70 bits per heavy atom. The maximum atomic E-state index is 5.19. The molecule has 57 valence electrons. The highest BCUT2D eigenvalue weighted by Crippen LogP contribution is 1.97. The van der Waals surface area contributed by atoms with Crippen LogP contribution in [0.25, 0.3) is 0 Å². The van der Waals surface area contributed by atoms with Crippen molar-refractivity contribution in [2.45, 2.75) is 25.7 Å². The number of nitrogens with zero attached hydrogens (tertiary/aromatic N) is 1. The molecular weight excluding hydrogens is 126 g/mol. The van der Waals surface area contributed by atoms with E-state index in [1.165, 1.54) is 0 Å². The highest BCUT2D eigenvalue weighted by atomic mass is 16.6. The van der Waals surface area contributed by atoms with Crippen LogP contribution in [0.5, 0.6) is 0 Å². The zero-order valence-electron chi connectivity index (χ0n) is 6.42. The van der Waals surface area contributed by atoms with E-state index >= 15 is 0 Å². The molecule has 0 N–H and O–H groups in total. The number of oxime groups is 1. The van der Waals surface area contributed by atoms with Crippen LogP contribution in [0.4, 0.5) is 0 Å². The van der Waals surface area contributed by atoms with Gasteiger partial charge in [0.1, 0.15) is 7.11 Å². The lowest BCUT2D eigenvalue weighted by Gasteiger charge is -1.90. The van der Waals surface area contributed by atoms with Crippen molar-refractivity contribution in [3.63, 3.8) is 0 Å². The number of unbranched alkanes of at least 4 members (excludes halogenated alkanes) is 3. The molecule has 1 radical (unpaired) electrons. The standard InChI is InChI=1S/C8H14NO/c1-3-4-5-6-7-8-9-10-2/h1,3,8H,4-7H2,2H3/b3-1?,9-8+. The van der Waals surface area contributed by atoms with Crippen LogP contribution in [0.3, 0.4) is 0 Å².